The molecule has 0 saturated heterocycles. The first-order valence-corrected chi connectivity index (χ1v) is 8.99. The smallest absolute Gasteiger partial charge is 0.204 e. The summed E-state index contributed by atoms with van der Waals surface area (Å²) in [5, 5.41) is 10.3. The normalized spacial score (nSPS) is 21.4. The summed E-state index contributed by atoms with van der Waals surface area (Å²) < 4.78 is 0. The average Bonchev–Trinajstić information content (AvgIpc) is 2.50. The standard InChI is InChI=1S/C22H32O3/c1-15(2)8-7-9-17(5)10-11-18-19(23)14-22(6,13-12-16(3)4)21(25)20(18)24/h8,10,12,24H,7,9,11,13-14H2,1-6H3/b17-10+. The third kappa shape index (κ3) is 6.15. The lowest BCUT2D eigenvalue weighted by Crippen LogP contribution is -2.37. The van der Waals surface area contributed by atoms with Gasteiger partial charge >= 0.3 is 0 Å². The second kappa shape index (κ2) is 8.98. The van der Waals surface area contributed by atoms with Gasteiger partial charge in [0.25, 0.3) is 0 Å². The van der Waals surface area contributed by atoms with Gasteiger partial charge in [0.05, 0.1) is 0 Å². The lowest BCUT2D eigenvalue weighted by Gasteiger charge is -2.31. The number of hydrogen-bond acceptors (Lipinski definition) is 3. The number of ketones is 2. The van der Waals surface area contributed by atoms with E-state index >= 15 is 0 Å². The Balaban J connectivity index is 2.89. The van der Waals surface area contributed by atoms with Crippen LogP contribution in [-0.4, -0.2) is 16.7 Å². The summed E-state index contributed by atoms with van der Waals surface area (Å²) in [7, 11) is 0. The van der Waals surface area contributed by atoms with Crippen LogP contribution in [0.1, 0.15) is 73.6 Å². The van der Waals surface area contributed by atoms with Gasteiger partial charge < -0.3 is 5.11 Å². The van der Waals surface area contributed by atoms with Crippen molar-refractivity contribution in [2.24, 2.45) is 5.41 Å². The first-order chi connectivity index (χ1) is 11.6. The van der Waals surface area contributed by atoms with Crippen LogP contribution in [-0.2, 0) is 9.59 Å². The number of allylic oxidation sites excluding steroid dienone is 8. The second-order valence-electron chi connectivity index (χ2n) is 7.88. The SMILES string of the molecule is CC(C)=CCC/C(C)=C/CC1=C(O)C(=O)C(C)(CC=C(C)C)CC1=O. The molecule has 3 nitrogen and oxygen atoms in total. The lowest BCUT2D eigenvalue weighted by atomic mass is 9.71. The molecule has 0 saturated carbocycles. The molecule has 0 bridgehead atoms. The molecule has 0 spiro atoms. The first kappa shape index (κ1) is 21.1. The van der Waals surface area contributed by atoms with Gasteiger partial charge in [-0.3, -0.25) is 9.59 Å². The molecule has 1 rings (SSSR count). The van der Waals surface area contributed by atoms with E-state index in [2.05, 4.69) is 19.9 Å². The van der Waals surface area contributed by atoms with Gasteiger partial charge in [-0.2, -0.15) is 0 Å². The molecule has 0 heterocycles. The molecule has 0 aromatic carbocycles. The number of hydrogen-bond donors (Lipinski definition) is 1. The van der Waals surface area contributed by atoms with Crippen LogP contribution in [0.4, 0.5) is 0 Å². The van der Waals surface area contributed by atoms with Gasteiger partial charge in [-0.1, -0.05) is 41.9 Å². The molecule has 0 fully saturated rings. The average molecular weight is 344 g/mol. The monoisotopic (exact) mass is 344 g/mol. The molecule has 0 aromatic heterocycles. The van der Waals surface area contributed by atoms with Gasteiger partial charge in [0.2, 0.25) is 5.78 Å². The highest BCUT2D eigenvalue weighted by atomic mass is 16.3. The topological polar surface area (TPSA) is 54.4 Å². The zero-order chi connectivity index (χ0) is 19.2. The van der Waals surface area contributed by atoms with Gasteiger partial charge in [-0.25, -0.2) is 0 Å². The minimum Gasteiger partial charge on any atom is -0.504 e. The van der Waals surface area contributed by atoms with Crippen LogP contribution in [0.3, 0.4) is 0 Å². The molecular weight excluding hydrogens is 312 g/mol. The van der Waals surface area contributed by atoms with Gasteiger partial charge in [-0.05, 0) is 60.3 Å². The maximum Gasteiger partial charge on any atom is 0.204 e. The Kier molecular flexibility index (Phi) is 7.60. The van der Waals surface area contributed by atoms with Crippen molar-refractivity contribution in [3.63, 3.8) is 0 Å². The Morgan fingerprint density at radius 1 is 1.04 bits per heavy atom. The maximum atomic E-state index is 12.6. The van der Waals surface area contributed by atoms with Crippen molar-refractivity contribution in [2.75, 3.05) is 0 Å². The number of carbonyl (C=O) groups excluding carboxylic acids is 2. The van der Waals surface area contributed by atoms with Crippen LogP contribution < -0.4 is 0 Å². The summed E-state index contributed by atoms with van der Waals surface area (Å²) in [6.45, 7) is 11.8. The van der Waals surface area contributed by atoms with Gasteiger partial charge in [0.15, 0.2) is 11.5 Å². The van der Waals surface area contributed by atoms with Gasteiger partial charge in [0, 0.05) is 17.4 Å². The van der Waals surface area contributed by atoms with E-state index in [-0.39, 0.29) is 29.3 Å². The quantitative estimate of drug-likeness (QED) is 0.595. The van der Waals surface area contributed by atoms with Crippen molar-refractivity contribution in [1.29, 1.82) is 0 Å². The fourth-order valence-electron chi connectivity index (χ4n) is 2.87. The molecule has 1 N–H and O–H groups in total. The zero-order valence-corrected chi connectivity index (χ0v) is 16.5. The van der Waals surface area contributed by atoms with Crippen LogP contribution >= 0.6 is 0 Å². The largest absolute Gasteiger partial charge is 0.504 e. The molecule has 1 aliphatic rings. The van der Waals surface area contributed by atoms with E-state index in [0.717, 1.165) is 24.0 Å². The molecule has 0 aliphatic heterocycles. The van der Waals surface area contributed by atoms with E-state index in [1.165, 1.54) is 5.57 Å². The summed E-state index contributed by atoms with van der Waals surface area (Å²) in [5.74, 6) is -0.764. The zero-order valence-electron chi connectivity index (χ0n) is 16.5. The van der Waals surface area contributed by atoms with Crippen LogP contribution in [0.25, 0.3) is 0 Å². The molecule has 0 amide bonds. The molecule has 25 heavy (non-hydrogen) atoms. The van der Waals surface area contributed by atoms with E-state index in [4.69, 9.17) is 0 Å². The van der Waals surface area contributed by atoms with Crippen LogP contribution in [0.2, 0.25) is 0 Å². The Labute approximate surface area is 152 Å². The predicted molar refractivity (Wildman–Crippen MR) is 103 cm³/mol. The van der Waals surface area contributed by atoms with E-state index < -0.39 is 5.41 Å². The number of aliphatic hydroxyl groups is 1. The molecule has 0 radical (unpaired) electrons. The highest BCUT2D eigenvalue weighted by molar-refractivity contribution is 6.13. The number of carbonyl (C=O) groups is 2. The molecule has 0 aromatic rings. The Hall–Kier alpha value is -1.90. The number of aliphatic hydroxyl groups excluding tert-OH is 1. The van der Waals surface area contributed by atoms with Crippen LogP contribution in [0.15, 0.2) is 46.3 Å². The van der Waals surface area contributed by atoms with Crippen molar-refractivity contribution in [1.82, 2.24) is 0 Å². The molecule has 3 heteroatoms. The summed E-state index contributed by atoms with van der Waals surface area (Å²) in [6, 6.07) is 0. The number of Topliss-reactive ketones (excluding diaryl/α,β-unsaturated/α-hetero) is 2. The molecular formula is C22H32O3. The summed E-state index contributed by atoms with van der Waals surface area (Å²) in [4.78, 5) is 25.1. The maximum absolute atomic E-state index is 12.6. The Bertz CT molecular complexity index is 651. The van der Waals surface area contributed by atoms with Crippen molar-refractivity contribution >= 4 is 11.6 Å². The van der Waals surface area contributed by atoms with E-state index in [1.807, 2.05) is 32.9 Å². The first-order valence-electron chi connectivity index (χ1n) is 8.99. The van der Waals surface area contributed by atoms with E-state index in [0.29, 0.717) is 12.8 Å². The Morgan fingerprint density at radius 2 is 1.64 bits per heavy atom. The summed E-state index contributed by atoms with van der Waals surface area (Å²) in [5.41, 5.74) is 2.99. The Morgan fingerprint density at radius 3 is 2.20 bits per heavy atom. The van der Waals surface area contributed by atoms with Gasteiger partial charge in [0.1, 0.15) is 0 Å². The molecule has 138 valence electrons. The van der Waals surface area contributed by atoms with E-state index in [1.54, 1.807) is 6.92 Å². The molecule has 1 aliphatic carbocycles. The minimum atomic E-state index is -0.829. The number of rotatable bonds is 7. The fraction of sp³-hybridized carbons (Fsp3) is 0.545. The van der Waals surface area contributed by atoms with Crippen LogP contribution in [0, 0.1) is 5.41 Å². The minimum absolute atomic E-state index is 0.116. The third-order valence-electron chi connectivity index (χ3n) is 4.64. The van der Waals surface area contributed by atoms with Gasteiger partial charge in [-0.15, -0.1) is 0 Å². The summed E-state index contributed by atoms with van der Waals surface area (Å²) >= 11 is 0. The van der Waals surface area contributed by atoms with Crippen LogP contribution in [0.5, 0.6) is 0 Å². The molecule has 1 unspecified atom stereocenters. The van der Waals surface area contributed by atoms with Crippen molar-refractivity contribution in [3.05, 3.63) is 46.3 Å². The second-order valence-corrected chi connectivity index (χ2v) is 7.88. The third-order valence-corrected chi connectivity index (χ3v) is 4.64. The lowest BCUT2D eigenvalue weighted by molar-refractivity contribution is -0.133. The van der Waals surface area contributed by atoms with Crippen molar-refractivity contribution in [2.45, 2.75) is 73.6 Å². The van der Waals surface area contributed by atoms with Crippen molar-refractivity contribution in [3.8, 4) is 0 Å². The predicted octanol–water partition coefficient (Wildman–Crippen LogP) is 5.79. The molecule has 1 atom stereocenters. The van der Waals surface area contributed by atoms with Crippen molar-refractivity contribution < 1.29 is 14.7 Å². The highest BCUT2D eigenvalue weighted by Gasteiger charge is 2.43. The fourth-order valence-corrected chi connectivity index (χ4v) is 2.87. The highest BCUT2D eigenvalue weighted by Crippen LogP contribution is 2.38. The van der Waals surface area contributed by atoms with E-state index in [9.17, 15) is 14.7 Å². The summed E-state index contributed by atoms with van der Waals surface area (Å²) in [6.07, 6.45) is 8.94.